The fourth-order valence-corrected chi connectivity index (χ4v) is 1.83. The highest BCUT2D eigenvalue weighted by Gasteiger charge is 2.16. The van der Waals surface area contributed by atoms with Gasteiger partial charge in [-0.15, -0.1) is 0 Å². The van der Waals surface area contributed by atoms with Gasteiger partial charge in [0.1, 0.15) is 0 Å². The third-order valence-corrected chi connectivity index (χ3v) is 2.70. The summed E-state index contributed by atoms with van der Waals surface area (Å²) in [7, 11) is 0. The van der Waals surface area contributed by atoms with Gasteiger partial charge < -0.3 is 10.6 Å². The first-order valence-corrected chi connectivity index (χ1v) is 6.80. The van der Waals surface area contributed by atoms with Gasteiger partial charge in [-0.1, -0.05) is 20.8 Å². The number of hydrogen-bond acceptors (Lipinski definition) is 3. The van der Waals surface area contributed by atoms with Gasteiger partial charge in [0.2, 0.25) is 5.91 Å². The minimum Gasteiger partial charge on any atom is -0.332 e. The van der Waals surface area contributed by atoms with Crippen molar-refractivity contribution in [2.75, 3.05) is 5.32 Å². The van der Waals surface area contributed by atoms with E-state index in [1.807, 2.05) is 20.8 Å². The molecule has 2 N–H and O–H groups in total. The SMILES string of the molecule is CC(=O)c1ccc(NC(=S)NC(=O)CC(C)(C)C)cc1. The van der Waals surface area contributed by atoms with Crippen LogP contribution < -0.4 is 10.6 Å². The number of hydrogen-bond donors (Lipinski definition) is 2. The Bertz CT molecular complexity index is 516. The van der Waals surface area contributed by atoms with E-state index in [2.05, 4.69) is 10.6 Å². The van der Waals surface area contributed by atoms with Crippen LogP contribution in [0, 0.1) is 5.41 Å². The molecule has 1 aromatic carbocycles. The summed E-state index contributed by atoms with van der Waals surface area (Å²) in [6.45, 7) is 7.48. The van der Waals surface area contributed by atoms with Crippen molar-refractivity contribution in [3.63, 3.8) is 0 Å². The fourth-order valence-electron chi connectivity index (χ4n) is 1.60. The van der Waals surface area contributed by atoms with Crippen LogP contribution in [0.3, 0.4) is 0 Å². The van der Waals surface area contributed by atoms with Crippen LogP contribution in [0.4, 0.5) is 5.69 Å². The summed E-state index contributed by atoms with van der Waals surface area (Å²) < 4.78 is 0. The van der Waals surface area contributed by atoms with Crippen LogP contribution in [0.25, 0.3) is 0 Å². The standard InChI is InChI=1S/C15H20N2O2S/c1-10(18)11-5-7-12(8-6-11)16-14(20)17-13(19)9-15(2,3)4/h5-8H,9H2,1-4H3,(H2,16,17,19,20). The van der Waals surface area contributed by atoms with Gasteiger partial charge in [-0.25, -0.2) is 0 Å². The Morgan fingerprint density at radius 1 is 1.15 bits per heavy atom. The number of Topliss-reactive ketones (excluding diaryl/α,β-unsaturated/α-hetero) is 1. The smallest absolute Gasteiger partial charge is 0.226 e. The summed E-state index contributed by atoms with van der Waals surface area (Å²) in [5.74, 6) is -0.104. The summed E-state index contributed by atoms with van der Waals surface area (Å²) in [6.07, 6.45) is 0.401. The molecule has 1 amide bonds. The Morgan fingerprint density at radius 2 is 1.70 bits per heavy atom. The summed E-state index contributed by atoms with van der Waals surface area (Å²) in [4.78, 5) is 22.9. The highest BCUT2D eigenvalue weighted by molar-refractivity contribution is 7.80. The summed E-state index contributed by atoms with van der Waals surface area (Å²) in [6, 6.07) is 6.92. The number of anilines is 1. The molecule has 0 saturated carbocycles. The largest absolute Gasteiger partial charge is 0.332 e. The summed E-state index contributed by atoms with van der Waals surface area (Å²) in [5, 5.41) is 5.81. The Hall–Kier alpha value is -1.75. The number of nitrogens with one attached hydrogen (secondary N) is 2. The van der Waals surface area contributed by atoms with Crippen molar-refractivity contribution in [3.8, 4) is 0 Å². The topological polar surface area (TPSA) is 58.2 Å². The average Bonchev–Trinajstić information content (AvgIpc) is 2.26. The van der Waals surface area contributed by atoms with Crippen LogP contribution in [0.1, 0.15) is 44.5 Å². The van der Waals surface area contributed by atoms with Gasteiger partial charge in [-0.05, 0) is 48.8 Å². The highest BCUT2D eigenvalue weighted by Crippen LogP contribution is 2.17. The van der Waals surface area contributed by atoms with Gasteiger partial charge in [0.25, 0.3) is 0 Å². The predicted octanol–water partition coefficient (Wildman–Crippen LogP) is 3.14. The molecular formula is C15H20N2O2S. The lowest BCUT2D eigenvalue weighted by atomic mass is 9.92. The van der Waals surface area contributed by atoms with Gasteiger partial charge in [0.05, 0.1) is 0 Å². The molecule has 0 aliphatic carbocycles. The second kappa shape index (κ2) is 6.61. The molecule has 4 nitrogen and oxygen atoms in total. The van der Waals surface area contributed by atoms with Crippen molar-refractivity contribution in [1.29, 1.82) is 0 Å². The van der Waals surface area contributed by atoms with E-state index in [1.165, 1.54) is 6.92 Å². The predicted molar refractivity (Wildman–Crippen MR) is 84.9 cm³/mol. The van der Waals surface area contributed by atoms with Crippen LogP contribution in [-0.4, -0.2) is 16.8 Å². The normalized spacial score (nSPS) is 10.8. The third-order valence-electron chi connectivity index (χ3n) is 2.49. The molecule has 1 aromatic rings. The van der Waals surface area contributed by atoms with Gasteiger partial charge in [-0.2, -0.15) is 0 Å². The molecule has 0 aromatic heterocycles. The Morgan fingerprint density at radius 3 is 2.15 bits per heavy atom. The summed E-state index contributed by atoms with van der Waals surface area (Å²) >= 11 is 5.08. The molecule has 0 atom stereocenters. The van der Waals surface area contributed by atoms with Gasteiger partial charge in [0, 0.05) is 17.7 Å². The van der Waals surface area contributed by atoms with Crippen LogP contribution in [0.5, 0.6) is 0 Å². The molecular weight excluding hydrogens is 272 g/mol. The minimum atomic E-state index is -0.115. The zero-order chi connectivity index (χ0) is 15.3. The maximum absolute atomic E-state index is 11.7. The number of thiocarbonyl (C=S) groups is 1. The molecule has 0 heterocycles. The van der Waals surface area contributed by atoms with E-state index in [0.29, 0.717) is 12.0 Å². The quantitative estimate of drug-likeness (QED) is 0.664. The van der Waals surface area contributed by atoms with E-state index in [-0.39, 0.29) is 22.2 Å². The van der Waals surface area contributed by atoms with E-state index in [9.17, 15) is 9.59 Å². The maximum Gasteiger partial charge on any atom is 0.226 e. The lowest BCUT2D eigenvalue weighted by molar-refractivity contribution is -0.121. The van der Waals surface area contributed by atoms with E-state index < -0.39 is 0 Å². The Kier molecular flexibility index (Phi) is 5.39. The first-order valence-electron chi connectivity index (χ1n) is 6.39. The number of benzene rings is 1. The van der Waals surface area contributed by atoms with Crippen molar-refractivity contribution in [2.24, 2.45) is 5.41 Å². The number of amides is 1. The first kappa shape index (κ1) is 16.3. The van der Waals surface area contributed by atoms with Crippen LogP contribution in [-0.2, 0) is 4.79 Å². The molecule has 0 unspecified atom stereocenters. The average molecular weight is 292 g/mol. The molecule has 0 spiro atoms. The van der Waals surface area contributed by atoms with Crippen molar-refractivity contribution >= 4 is 34.7 Å². The summed E-state index contributed by atoms with van der Waals surface area (Å²) in [5.41, 5.74) is 1.29. The van der Waals surface area contributed by atoms with Crippen molar-refractivity contribution in [3.05, 3.63) is 29.8 Å². The Balaban J connectivity index is 2.54. The lowest BCUT2D eigenvalue weighted by Crippen LogP contribution is -2.36. The Labute approximate surface area is 124 Å². The van der Waals surface area contributed by atoms with E-state index in [4.69, 9.17) is 12.2 Å². The van der Waals surface area contributed by atoms with Crippen LogP contribution in [0.2, 0.25) is 0 Å². The van der Waals surface area contributed by atoms with Gasteiger partial charge in [0.15, 0.2) is 10.9 Å². The van der Waals surface area contributed by atoms with E-state index >= 15 is 0 Å². The zero-order valence-corrected chi connectivity index (χ0v) is 13.1. The molecule has 0 bridgehead atoms. The first-order chi connectivity index (χ1) is 9.17. The monoisotopic (exact) mass is 292 g/mol. The second-order valence-electron chi connectivity index (χ2n) is 5.87. The molecule has 20 heavy (non-hydrogen) atoms. The number of rotatable bonds is 3. The number of carbonyl (C=O) groups excluding carboxylic acids is 2. The van der Waals surface area contributed by atoms with Crippen molar-refractivity contribution in [1.82, 2.24) is 5.32 Å². The third kappa shape index (κ3) is 5.93. The number of carbonyl (C=O) groups is 2. The second-order valence-corrected chi connectivity index (χ2v) is 6.28. The van der Waals surface area contributed by atoms with Crippen LogP contribution in [0.15, 0.2) is 24.3 Å². The van der Waals surface area contributed by atoms with Crippen molar-refractivity contribution < 1.29 is 9.59 Å². The maximum atomic E-state index is 11.7. The van der Waals surface area contributed by atoms with E-state index in [0.717, 1.165) is 5.69 Å². The molecule has 1 rings (SSSR count). The van der Waals surface area contributed by atoms with E-state index in [1.54, 1.807) is 24.3 Å². The fraction of sp³-hybridized carbons (Fsp3) is 0.400. The molecule has 0 aliphatic heterocycles. The minimum absolute atomic E-state index is 0.0117. The number of ketones is 1. The lowest BCUT2D eigenvalue weighted by Gasteiger charge is -2.17. The molecule has 0 fully saturated rings. The molecule has 108 valence electrons. The van der Waals surface area contributed by atoms with Gasteiger partial charge >= 0.3 is 0 Å². The highest BCUT2D eigenvalue weighted by atomic mass is 32.1. The van der Waals surface area contributed by atoms with Gasteiger partial charge in [-0.3, -0.25) is 9.59 Å². The zero-order valence-electron chi connectivity index (χ0n) is 12.2. The molecule has 0 radical (unpaired) electrons. The van der Waals surface area contributed by atoms with Crippen molar-refractivity contribution in [2.45, 2.75) is 34.1 Å². The molecule has 0 aliphatic rings. The molecule has 0 saturated heterocycles. The van der Waals surface area contributed by atoms with Crippen LogP contribution >= 0.6 is 12.2 Å². The molecule has 5 heteroatoms.